The number of carbonyl (C=O) groups excluding carboxylic acids is 1. The van der Waals surface area contributed by atoms with Crippen molar-refractivity contribution in [1.29, 1.82) is 0 Å². The number of aromatic nitrogens is 1. The lowest BCUT2D eigenvalue weighted by atomic mass is 9.95. The molecule has 1 aromatic carbocycles. The molecule has 1 atom stereocenters. The highest BCUT2D eigenvalue weighted by Crippen LogP contribution is 2.44. The van der Waals surface area contributed by atoms with Gasteiger partial charge in [0.25, 0.3) is 0 Å². The number of rotatable bonds is 2. The molecule has 4 nitrogen and oxygen atoms in total. The van der Waals surface area contributed by atoms with Gasteiger partial charge in [0.2, 0.25) is 0 Å². The van der Waals surface area contributed by atoms with Crippen molar-refractivity contribution in [3.8, 4) is 5.00 Å². The number of aryl methyl sites for hydroxylation is 3. The minimum Gasteiger partial charge on any atom is -0.310 e. The Morgan fingerprint density at radius 2 is 1.85 bits per heavy atom. The van der Waals surface area contributed by atoms with Gasteiger partial charge in [-0.25, -0.2) is 4.79 Å². The average Bonchev–Trinajstić information content (AvgIpc) is 3.52. The molecule has 0 bridgehead atoms. The Morgan fingerprint density at radius 1 is 1.03 bits per heavy atom. The molecule has 0 radical (unpaired) electrons. The van der Waals surface area contributed by atoms with Crippen LogP contribution in [-0.4, -0.2) is 15.5 Å². The highest BCUT2D eigenvalue weighted by atomic mass is 32.1. The summed E-state index contributed by atoms with van der Waals surface area (Å²) in [5, 5.41) is 6.62. The summed E-state index contributed by atoms with van der Waals surface area (Å²) in [5.74, 6) is 0. The number of benzene rings is 1. The molecule has 168 valence electrons. The normalized spacial score (nSPS) is 17.2. The third-order valence-electron chi connectivity index (χ3n) is 6.73. The van der Waals surface area contributed by atoms with Crippen LogP contribution in [0.15, 0.2) is 54.0 Å². The third kappa shape index (κ3) is 3.62. The molecular formula is C27H27N3OS2. The fourth-order valence-corrected chi connectivity index (χ4v) is 7.63. The molecule has 1 aliphatic heterocycles. The molecule has 0 spiro atoms. The van der Waals surface area contributed by atoms with E-state index in [-0.39, 0.29) is 12.1 Å². The molecule has 0 saturated heterocycles. The zero-order valence-corrected chi connectivity index (χ0v) is 20.6. The van der Waals surface area contributed by atoms with E-state index >= 15 is 0 Å². The minimum absolute atomic E-state index is 0.0465. The number of anilines is 1. The van der Waals surface area contributed by atoms with Crippen LogP contribution >= 0.6 is 22.7 Å². The Kier molecular flexibility index (Phi) is 5.15. The van der Waals surface area contributed by atoms with Gasteiger partial charge in [0.05, 0.1) is 12.2 Å². The molecule has 33 heavy (non-hydrogen) atoms. The Morgan fingerprint density at radius 3 is 2.64 bits per heavy atom. The van der Waals surface area contributed by atoms with Crippen LogP contribution in [-0.2, 0) is 19.4 Å². The number of thiophene rings is 2. The van der Waals surface area contributed by atoms with E-state index in [4.69, 9.17) is 0 Å². The lowest BCUT2D eigenvalue weighted by Crippen LogP contribution is -2.37. The molecule has 6 heteroatoms. The number of nitrogens with zero attached hydrogens (tertiary/aromatic N) is 2. The van der Waals surface area contributed by atoms with Crippen LogP contribution < -0.4 is 5.32 Å². The Bertz CT molecular complexity index is 1310. The number of hydrogen-bond donors (Lipinski definition) is 1. The molecule has 2 amide bonds. The van der Waals surface area contributed by atoms with Crippen molar-refractivity contribution in [2.24, 2.45) is 0 Å². The predicted octanol–water partition coefficient (Wildman–Crippen LogP) is 7.23. The molecule has 4 heterocycles. The van der Waals surface area contributed by atoms with Gasteiger partial charge in [0, 0.05) is 27.2 Å². The number of nitrogens with one attached hydrogen (secondary N) is 1. The van der Waals surface area contributed by atoms with Gasteiger partial charge < -0.3 is 14.8 Å². The van der Waals surface area contributed by atoms with Crippen molar-refractivity contribution in [3.63, 3.8) is 0 Å². The van der Waals surface area contributed by atoms with Gasteiger partial charge in [-0.2, -0.15) is 0 Å². The van der Waals surface area contributed by atoms with Gasteiger partial charge in [-0.05, 0) is 91.9 Å². The summed E-state index contributed by atoms with van der Waals surface area (Å²) in [5.41, 5.74) is 7.14. The maximum absolute atomic E-state index is 13.9. The van der Waals surface area contributed by atoms with Crippen molar-refractivity contribution >= 4 is 34.4 Å². The summed E-state index contributed by atoms with van der Waals surface area (Å²) in [6.45, 7) is 4.77. The number of hydrogen-bond acceptors (Lipinski definition) is 3. The van der Waals surface area contributed by atoms with Crippen molar-refractivity contribution < 1.29 is 4.79 Å². The third-order valence-corrected chi connectivity index (χ3v) is 8.98. The van der Waals surface area contributed by atoms with Crippen molar-refractivity contribution in [3.05, 3.63) is 91.7 Å². The standard InChI is InChI=1S/C27H27N3OS2/c1-17-13-18(2)15-19(14-17)28-27(31)30-16-21-20-7-3-4-9-23(20)33-26(21)29-11-5-8-22(29)25(30)24-10-6-12-32-24/h5-6,8,10-15,25H,3-4,7,9,16H2,1-2H3,(H,28,31)/t25-/m1/s1. The van der Waals surface area contributed by atoms with Crippen LogP contribution in [0.25, 0.3) is 5.00 Å². The van der Waals surface area contributed by atoms with Crippen LogP contribution in [0.4, 0.5) is 10.5 Å². The summed E-state index contributed by atoms with van der Waals surface area (Å²) in [7, 11) is 0. The van der Waals surface area contributed by atoms with E-state index in [0.717, 1.165) is 35.3 Å². The van der Waals surface area contributed by atoms with Crippen molar-refractivity contribution in [1.82, 2.24) is 9.47 Å². The van der Waals surface area contributed by atoms with Crippen LogP contribution in [0.1, 0.15) is 56.6 Å². The summed E-state index contributed by atoms with van der Waals surface area (Å²) in [4.78, 5) is 18.6. The molecule has 1 N–H and O–H groups in total. The zero-order chi connectivity index (χ0) is 22.5. The number of amides is 2. The first-order valence-electron chi connectivity index (χ1n) is 11.6. The maximum Gasteiger partial charge on any atom is 0.323 e. The molecule has 4 aromatic rings. The van der Waals surface area contributed by atoms with Gasteiger partial charge in [-0.1, -0.05) is 12.1 Å². The van der Waals surface area contributed by atoms with E-state index < -0.39 is 0 Å². The lowest BCUT2D eigenvalue weighted by Gasteiger charge is -2.30. The second-order valence-electron chi connectivity index (χ2n) is 9.15. The fourth-order valence-electron chi connectivity index (χ4n) is 5.38. The average molecular weight is 474 g/mol. The molecule has 2 aliphatic rings. The first kappa shape index (κ1) is 20.8. The second kappa shape index (κ2) is 8.19. The number of fused-ring (bicyclic) bond motifs is 5. The second-order valence-corrected chi connectivity index (χ2v) is 11.2. The van der Waals surface area contributed by atoms with E-state index in [1.165, 1.54) is 38.7 Å². The van der Waals surface area contributed by atoms with Gasteiger partial charge >= 0.3 is 6.03 Å². The van der Waals surface area contributed by atoms with Crippen LogP contribution in [0.3, 0.4) is 0 Å². The van der Waals surface area contributed by atoms with Crippen molar-refractivity contribution in [2.45, 2.75) is 52.1 Å². The Labute approximate surface area is 202 Å². The molecule has 0 saturated carbocycles. The monoisotopic (exact) mass is 473 g/mol. The molecule has 3 aromatic heterocycles. The first-order valence-corrected chi connectivity index (χ1v) is 13.3. The van der Waals surface area contributed by atoms with Crippen LogP contribution in [0.5, 0.6) is 0 Å². The van der Waals surface area contributed by atoms with E-state index in [0.29, 0.717) is 6.54 Å². The van der Waals surface area contributed by atoms with Crippen LogP contribution in [0, 0.1) is 13.8 Å². The summed E-state index contributed by atoms with van der Waals surface area (Å²) < 4.78 is 2.34. The van der Waals surface area contributed by atoms with Gasteiger partial charge in [0.15, 0.2) is 0 Å². The fraction of sp³-hybridized carbons (Fsp3) is 0.296. The van der Waals surface area contributed by atoms with E-state index in [1.807, 2.05) is 28.4 Å². The number of carbonyl (C=O) groups is 1. The smallest absolute Gasteiger partial charge is 0.310 e. The highest BCUT2D eigenvalue weighted by molar-refractivity contribution is 7.15. The summed E-state index contributed by atoms with van der Waals surface area (Å²) >= 11 is 3.64. The first-order chi connectivity index (χ1) is 16.1. The van der Waals surface area contributed by atoms with Crippen molar-refractivity contribution in [2.75, 3.05) is 5.32 Å². The lowest BCUT2D eigenvalue weighted by molar-refractivity contribution is 0.195. The zero-order valence-electron chi connectivity index (χ0n) is 18.9. The predicted molar refractivity (Wildman–Crippen MR) is 137 cm³/mol. The Hall–Kier alpha value is -2.83. The van der Waals surface area contributed by atoms with Gasteiger partial charge in [0.1, 0.15) is 11.0 Å². The highest BCUT2D eigenvalue weighted by Gasteiger charge is 2.36. The van der Waals surface area contributed by atoms with E-state index in [2.05, 4.69) is 65.6 Å². The topological polar surface area (TPSA) is 37.3 Å². The minimum atomic E-state index is -0.121. The SMILES string of the molecule is Cc1cc(C)cc(NC(=O)N2Cc3c(sc4c3CCCC4)-n3cccc3[C@@H]2c2cccs2)c1. The van der Waals surface area contributed by atoms with E-state index in [9.17, 15) is 4.79 Å². The Balaban J connectivity index is 1.48. The summed E-state index contributed by atoms with van der Waals surface area (Å²) in [6, 6.07) is 14.6. The molecule has 0 unspecified atom stereocenters. The largest absolute Gasteiger partial charge is 0.323 e. The van der Waals surface area contributed by atoms with Gasteiger partial charge in [-0.3, -0.25) is 0 Å². The molecule has 6 rings (SSSR count). The summed E-state index contributed by atoms with van der Waals surface area (Å²) in [6.07, 6.45) is 6.94. The molecule has 1 aliphatic carbocycles. The maximum atomic E-state index is 13.9. The number of urea groups is 1. The molecular weight excluding hydrogens is 446 g/mol. The van der Waals surface area contributed by atoms with Crippen LogP contribution in [0.2, 0.25) is 0 Å². The van der Waals surface area contributed by atoms with Gasteiger partial charge in [-0.15, -0.1) is 22.7 Å². The quantitative estimate of drug-likeness (QED) is 0.327. The molecule has 0 fully saturated rings. The van der Waals surface area contributed by atoms with E-state index in [1.54, 1.807) is 11.3 Å².